The van der Waals surface area contributed by atoms with Gasteiger partial charge in [0.2, 0.25) is 0 Å². The van der Waals surface area contributed by atoms with Gasteiger partial charge in [0.15, 0.2) is 6.73 Å². The normalized spacial score (nSPS) is 14.4. The fourth-order valence-electron chi connectivity index (χ4n) is 5.11. The first-order chi connectivity index (χ1) is 19.7. The fraction of sp³-hybridized carbons (Fsp3) is 0.500. The maximum absolute atomic E-state index is 12.7. The highest BCUT2D eigenvalue weighted by Crippen LogP contribution is 2.33. The first kappa shape index (κ1) is 31.2. The Morgan fingerprint density at radius 1 is 0.976 bits per heavy atom. The Hall–Kier alpha value is -2.74. The van der Waals surface area contributed by atoms with Gasteiger partial charge in [0.05, 0.1) is 33.3 Å². The van der Waals surface area contributed by atoms with Crippen molar-refractivity contribution >= 4 is 45.8 Å². The third-order valence-corrected chi connectivity index (χ3v) is 8.59. The first-order valence-corrected chi connectivity index (χ1v) is 15.3. The van der Waals surface area contributed by atoms with E-state index >= 15 is 0 Å². The van der Waals surface area contributed by atoms with Crippen LogP contribution in [0, 0.1) is 5.41 Å². The molecule has 0 bridgehead atoms. The van der Waals surface area contributed by atoms with E-state index in [0.717, 1.165) is 75.9 Å². The molecule has 1 fully saturated rings. The number of nitrogens with zero attached hydrogens (tertiary/aromatic N) is 3. The molecule has 0 N–H and O–H groups in total. The van der Waals surface area contributed by atoms with E-state index < -0.39 is 5.41 Å². The summed E-state index contributed by atoms with van der Waals surface area (Å²) in [5.74, 6) is 0.399. The first-order valence-electron chi connectivity index (χ1n) is 14.5. The number of carbonyl (C=O) groups is 1. The van der Waals surface area contributed by atoms with Gasteiger partial charge in [-0.3, -0.25) is 19.1 Å². The van der Waals surface area contributed by atoms with Gasteiger partial charge in [0.1, 0.15) is 5.75 Å². The maximum atomic E-state index is 12.7. The van der Waals surface area contributed by atoms with Crippen LogP contribution in [0.15, 0.2) is 53.3 Å². The predicted molar refractivity (Wildman–Crippen MR) is 167 cm³/mol. The quantitative estimate of drug-likeness (QED) is 0.155. The molecule has 2 heterocycles. The van der Waals surface area contributed by atoms with E-state index in [0.29, 0.717) is 27.9 Å². The van der Waals surface area contributed by atoms with Crippen molar-refractivity contribution in [1.82, 2.24) is 9.47 Å². The second kappa shape index (κ2) is 14.4. The molecule has 0 saturated carbocycles. The Kier molecular flexibility index (Phi) is 11.0. The SMILES string of the molecule is CCCCC(C)(C)C(=O)OCn1c(=O)ccc2ccc(OCCCCN3CCN(c4cccc(Cl)c4Cl)CC3)cc21. The van der Waals surface area contributed by atoms with Gasteiger partial charge < -0.3 is 14.4 Å². The number of piperazine rings is 1. The zero-order valence-electron chi connectivity index (χ0n) is 24.3. The topological polar surface area (TPSA) is 64.0 Å². The van der Waals surface area contributed by atoms with Gasteiger partial charge in [-0.2, -0.15) is 0 Å². The zero-order chi connectivity index (χ0) is 29.4. The van der Waals surface area contributed by atoms with Crippen molar-refractivity contribution in [3.63, 3.8) is 0 Å². The van der Waals surface area contributed by atoms with Crippen LogP contribution in [-0.2, 0) is 16.3 Å². The van der Waals surface area contributed by atoms with Crippen molar-refractivity contribution in [3.8, 4) is 5.75 Å². The maximum Gasteiger partial charge on any atom is 0.313 e. The lowest BCUT2D eigenvalue weighted by molar-refractivity contribution is -0.158. The molecule has 0 atom stereocenters. The van der Waals surface area contributed by atoms with Crippen LogP contribution >= 0.6 is 23.2 Å². The van der Waals surface area contributed by atoms with E-state index in [9.17, 15) is 9.59 Å². The summed E-state index contributed by atoms with van der Waals surface area (Å²) in [6, 6.07) is 14.8. The molecular weight excluding hydrogens is 561 g/mol. The molecule has 1 aromatic heterocycles. The number of hydrogen-bond acceptors (Lipinski definition) is 6. The molecule has 0 unspecified atom stereocenters. The summed E-state index contributed by atoms with van der Waals surface area (Å²) in [4.78, 5) is 30.1. The van der Waals surface area contributed by atoms with Crippen molar-refractivity contribution in [2.45, 2.75) is 59.6 Å². The van der Waals surface area contributed by atoms with Gasteiger partial charge in [0.25, 0.3) is 5.56 Å². The molecule has 0 spiro atoms. The van der Waals surface area contributed by atoms with Gasteiger partial charge in [-0.05, 0) is 75.4 Å². The Bertz CT molecular complexity index is 1380. The van der Waals surface area contributed by atoms with Gasteiger partial charge >= 0.3 is 5.97 Å². The lowest BCUT2D eigenvalue weighted by Gasteiger charge is -2.36. The third-order valence-electron chi connectivity index (χ3n) is 7.78. The van der Waals surface area contributed by atoms with E-state index in [-0.39, 0.29) is 18.3 Å². The van der Waals surface area contributed by atoms with Crippen molar-refractivity contribution in [2.75, 3.05) is 44.2 Å². The molecule has 1 aliphatic rings. The number of carbonyl (C=O) groups excluding carboxylic acids is 1. The van der Waals surface area contributed by atoms with Crippen molar-refractivity contribution in [3.05, 3.63) is 68.9 Å². The molecule has 1 aliphatic heterocycles. The van der Waals surface area contributed by atoms with Crippen molar-refractivity contribution in [1.29, 1.82) is 0 Å². The molecule has 41 heavy (non-hydrogen) atoms. The van der Waals surface area contributed by atoms with E-state index in [4.69, 9.17) is 32.7 Å². The Labute approximate surface area is 252 Å². The zero-order valence-corrected chi connectivity index (χ0v) is 25.8. The number of benzene rings is 2. The number of anilines is 1. The van der Waals surface area contributed by atoms with Crippen LogP contribution in [-0.4, -0.2) is 54.8 Å². The number of unbranched alkanes of at least 4 members (excludes halogenated alkanes) is 2. The van der Waals surface area contributed by atoms with E-state index in [1.807, 2.05) is 50.2 Å². The number of aromatic nitrogens is 1. The van der Waals surface area contributed by atoms with E-state index in [1.54, 1.807) is 6.07 Å². The number of hydrogen-bond donors (Lipinski definition) is 0. The van der Waals surface area contributed by atoms with Crippen LogP contribution < -0.4 is 15.2 Å². The molecule has 1 saturated heterocycles. The predicted octanol–water partition coefficient (Wildman–Crippen LogP) is 7.01. The summed E-state index contributed by atoms with van der Waals surface area (Å²) in [5, 5.41) is 2.10. The Morgan fingerprint density at radius 2 is 1.73 bits per heavy atom. The van der Waals surface area contributed by atoms with E-state index in [2.05, 4.69) is 16.7 Å². The monoisotopic (exact) mass is 601 g/mol. The summed E-state index contributed by atoms with van der Waals surface area (Å²) in [5.41, 5.74) is 0.885. The average Bonchev–Trinajstić information content (AvgIpc) is 2.97. The third kappa shape index (κ3) is 8.18. The van der Waals surface area contributed by atoms with E-state index in [1.165, 1.54) is 10.6 Å². The summed E-state index contributed by atoms with van der Waals surface area (Å²) in [7, 11) is 0. The number of fused-ring (bicyclic) bond motifs is 1. The minimum atomic E-state index is -0.587. The Balaban J connectivity index is 1.25. The number of pyridine rings is 1. The van der Waals surface area contributed by atoms with Crippen molar-refractivity contribution in [2.24, 2.45) is 5.41 Å². The molecule has 9 heteroatoms. The number of ether oxygens (including phenoxy) is 2. The Morgan fingerprint density at radius 3 is 2.49 bits per heavy atom. The van der Waals surface area contributed by atoms with Gasteiger partial charge in [-0.25, -0.2) is 0 Å². The van der Waals surface area contributed by atoms with Crippen LogP contribution in [0.1, 0.15) is 52.9 Å². The molecule has 222 valence electrons. The average molecular weight is 603 g/mol. The van der Waals surface area contributed by atoms with Crippen molar-refractivity contribution < 1.29 is 14.3 Å². The molecule has 2 aromatic carbocycles. The van der Waals surface area contributed by atoms with Crippen LogP contribution in [0.3, 0.4) is 0 Å². The molecule has 7 nitrogen and oxygen atoms in total. The summed E-state index contributed by atoms with van der Waals surface area (Å²) in [6.07, 6.45) is 4.66. The van der Waals surface area contributed by atoms with Crippen LogP contribution in [0.5, 0.6) is 5.75 Å². The molecule has 0 amide bonds. The number of rotatable bonds is 13. The lowest BCUT2D eigenvalue weighted by atomic mass is 9.87. The molecule has 0 aliphatic carbocycles. The second-order valence-electron chi connectivity index (χ2n) is 11.3. The minimum absolute atomic E-state index is 0.120. The number of halogens is 2. The second-order valence-corrected chi connectivity index (χ2v) is 12.1. The molecular formula is C32H41Cl2N3O4. The minimum Gasteiger partial charge on any atom is -0.494 e. The highest BCUT2D eigenvalue weighted by Gasteiger charge is 2.28. The van der Waals surface area contributed by atoms with Crippen LogP contribution in [0.4, 0.5) is 5.69 Å². The van der Waals surface area contributed by atoms with Gasteiger partial charge in [0, 0.05) is 38.3 Å². The highest BCUT2D eigenvalue weighted by molar-refractivity contribution is 6.43. The lowest BCUT2D eigenvalue weighted by Crippen LogP contribution is -2.46. The van der Waals surface area contributed by atoms with Crippen LogP contribution in [0.2, 0.25) is 10.0 Å². The summed E-state index contributed by atoms with van der Waals surface area (Å²) < 4.78 is 13.1. The molecule has 3 aromatic rings. The number of esters is 1. The van der Waals surface area contributed by atoms with Gasteiger partial charge in [-0.15, -0.1) is 0 Å². The molecule has 0 radical (unpaired) electrons. The van der Waals surface area contributed by atoms with Crippen LogP contribution in [0.25, 0.3) is 10.9 Å². The summed E-state index contributed by atoms with van der Waals surface area (Å²) in [6.45, 7) is 11.1. The smallest absolute Gasteiger partial charge is 0.313 e. The summed E-state index contributed by atoms with van der Waals surface area (Å²) >= 11 is 12.6. The largest absolute Gasteiger partial charge is 0.494 e. The van der Waals surface area contributed by atoms with Gasteiger partial charge in [-0.1, -0.05) is 49.0 Å². The highest BCUT2D eigenvalue weighted by atomic mass is 35.5. The fourth-order valence-corrected chi connectivity index (χ4v) is 5.52. The molecule has 4 rings (SSSR count). The standard InChI is InChI=1S/C32H41Cl2N3O4/c1-4-5-15-32(2,3)31(39)41-23-37-28-22-25(13-11-24(28)12-14-29(37)38)40-21-7-6-16-35-17-19-36(20-18-35)27-10-8-9-26(33)30(27)34/h8-14,22H,4-7,15-21,23H2,1-3H3.